The summed E-state index contributed by atoms with van der Waals surface area (Å²) in [6.45, 7) is 0.559. The summed E-state index contributed by atoms with van der Waals surface area (Å²) in [5.41, 5.74) is 0.630. The van der Waals surface area contributed by atoms with Gasteiger partial charge in [0.25, 0.3) is 0 Å². The summed E-state index contributed by atoms with van der Waals surface area (Å²) < 4.78 is 1.96. The van der Waals surface area contributed by atoms with E-state index in [9.17, 15) is 14.7 Å². The van der Waals surface area contributed by atoms with Crippen LogP contribution in [0.5, 0.6) is 0 Å². The summed E-state index contributed by atoms with van der Waals surface area (Å²) in [6, 6.07) is 0. The molecule has 1 saturated heterocycles. The second-order valence-electron chi connectivity index (χ2n) is 5.31. The number of aromatic carboxylic acids is 1. The highest BCUT2D eigenvalue weighted by Crippen LogP contribution is 2.35. The number of thioether (sulfide) groups is 1. The van der Waals surface area contributed by atoms with E-state index >= 15 is 0 Å². The van der Waals surface area contributed by atoms with E-state index in [4.69, 9.17) is 5.11 Å². The number of carboxylic acids is 2. The van der Waals surface area contributed by atoms with Crippen molar-refractivity contribution in [3.8, 4) is 0 Å². The summed E-state index contributed by atoms with van der Waals surface area (Å²) in [4.78, 5) is 26.8. The van der Waals surface area contributed by atoms with Crippen LogP contribution in [0.25, 0.3) is 0 Å². The van der Waals surface area contributed by atoms with Crippen LogP contribution in [-0.4, -0.2) is 43.2 Å². The Labute approximate surface area is 120 Å². The Balaban J connectivity index is 2.01. The van der Waals surface area contributed by atoms with Gasteiger partial charge in [-0.25, -0.2) is 9.78 Å². The number of aliphatic carboxylic acids is 1. The van der Waals surface area contributed by atoms with Crippen LogP contribution < -0.4 is 0 Å². The van der Waals surface area contributed by atoms with Gasteiger partial charge < -0.3 is 14.8 Å². The molecule has 108 valence electrons. The molecule has 0 saturated carbocycles. The van der Waals surface area contributed by atoms with E-state index in [0.717, 1.165) is 23.8 Å². The van der Waals surface area contributed by atoms with Crippen molar-refractivity contribution in [2.24, 2.45) is 5.92 Å². The molecule has 0 amide bonds. The fraction of sp³-hybridized carbons (Fsp3) is 0.615. The van der Waals surface area contributed by atoms with Crippen molar-refractivity contribution < 1.29 is 19.8 Å². The predicted molar refractivity (Wildman–Crippen MR) is 73.3 cm³/mol. The minimum Gasteiger partial charge on any atom is -0.481 e. The molecular formula is C13H16N2O4S. The molecule has 3 rings (SSSR count). The zero-order valence-corrected chi connectivity index (χ0v) is 11.7. The van der Waals surface area contributed by atoms with Gasteiger partial charge in [-0.05, 0) is 18.6 Å². The Bertz CT molecular complexity index is 563. The van der Waals surface area contributed by atoms with E-state index in [2.05, 4.69) is 4.98 Å². The topological polar surface area (TPSA) is 92.4 Å². The van der Waals surface area contributed by atoms with Gasteiger partial charge in [0, 0.05) is 24.6 Å². The monoisotopic (exact) mass is 296 g/mol. The van der Waals surface area contributed by atoms with Crippen molar-refractivity contribution >= 4 is 23.7 Å². The molecule has 1 aromatic rings. The first kappa shape index (κ1) is 13.5. The van der Waals surface area contributed by atoms with Crippen molar-refractivity contribution in [3.05, 3.63) is 17.2 Å². The minimum absolute atomic E-state index is 0.0443. The number of nitrogens with zero attached hydrogens (tertiary/aromatic N) is 2. The van der Waals surface area contributed by atoms with Crippen LogP contribution in [0, 0.1) is 5.92 Å². The zero-order valence-electron chi connectivity index (χ0n) is 10.9. The lowest BCUT2D eigenvalue weighted by Crippen LogP contribution is -2.27. The SMILES string of the molecule is O=C(O)c1nc(C2CCSC2)n2c1CC(C(=O)O)CC2. The van der Waals surface area contributed by atoms with E-state index in [-0.39, 0.29) is 12.1 Å². The fourth-order valence-corrected chi connectivity index (χ4v) is 4.23. The standard InChI is InChI=1S/C13H16N2O4S/c16-12(17)7-1-3-15-9(5-7)10(13(18)19)14-11(15)8-2-4-20-6-8/h7-8H,1-6H2,(H,16,17)(H,18,19). The first-order valence-corrected chi connectivity index (χ1v) is 7.86. The highest BCUT2D eigenvalue weighted by atomic mass is 32.2. The van der Waals surface area contributed by atoms with E-state index in [1.165, 1.54) is 0 Å². The maximum Gasteiger partial charge on any atom is 0.356 e. The minimum atomic E-state index is -1.06. The Hall–Kier alpha value is -1.50. The second kappa shape index (κ2) is 5.12. The number of fused-ring (bicyclic) bond motifs is 1. The number of imidazole rings is 1. The molecule has 0 bridgehead atoms. The van der Waals surface area contributed by atoms with E-state index in [1.54, 1.807) is 0 Å². The van der Waals surface area contributed by atoms with Gasteiger partial charge in [0.1, 0.15) is 5.82 Å². The second-order valence-corrected chi connectivity index (χ2v) is 6.46. The molecule has 20 heavy (non-hydrogen) atoms. The van der Waals surface area contributed by atoms with Gasteiger partial charge in [0.05, 0.1) is 11.6 Å². The van der Waals surface area contributed by atoms with Gasteiger partial charge in [-0.2, -0.15) is 11.8 Å². The van der Waals surface area contributed by atoms with E-state index in [1.807, 2.05) is 16.3 Å². The third-order valence-electron chi connectivity index (χ3n) is 4.09. The normalized spacial score (nSPS) is 25.4. The molecule has 2 unspecified atom stereocenters. The molecule has 0 radical (unpaired) electrons. The van der Waals surface area contributed by atoms with Crippen molar-refractivity contribution in [3.63, 3.8) is 0 Å². The van der Waals surface area contributed by atoms with Crippen LogP contribution in [0.1, 0.15) is 40.8 Å². The molecule has 6 nitrogen and oxygen atoms in total. The van der Waals surface area contributed by atoms with Crippen LogP contribution >= 0.6 is 11.8 Å². The highest BCUT2D eigenvalue weighted by molar-refractivity contribution is 7.99. The lowest BCUT2D eigenvalue weighted by molar-refractivity contribution is -0.142. The van der Waals surface area contributed by atoms with Crippen molar-refractivity contribution in [1.29, 1.82) is 0 Å². The van der Waals surface area contributed by atoms with Crippen molar-refractivity contribution in [2.75, 3.05) is 11.5 Å². The number of carbonyl (C=O) groups is 2. The maximum absolute atomic E-state index is 11.3. The summed E-state index contributed by atoms with van der Waals surface area (Å²) in [5, 5.41) is 18.4. The van der Waals surface area contributed by atoms with Gasteiger partial charge in [-0.15, -0.1) is 0 Å². The van der Waals surface area contributed by atoms with Crippen LogP contribution in [0.2, 0.25) is 0 Å². The molecule has 0 aliphatic carbocycles. The molecule has 0 spiro atoms. The number of hydrogen-bond acceptors (Lipinski definition) is 4. The molecule has 7 heteroatoms. The molecule has 1 aromatic heterocycles. The zero-order chi connectivity index (χ0) is 14.3. The lowest BCUT2D eigenvalue weighted by atomic mass is 9.95. The maximum atomic E-state index is 11.3. The first-order chi connectivity index (χ1) is 9.58. The first-order valence-electron chi connectivity index (χ1n) is 6.71. The van der Waals surface area contributed by atoms with Gasteiger partial charge in [0.15, 0.2) is 5.69 Å². The summed E-state index contributed by atoms with van der Waals surface area (Å²) in [7, 11) is 0. The molecule has 1 fully saturated rings. The third kappa shape index (κ3) is 2.19. The van der Waals surface area contributed by atoms with Crippen LogP contribution in [0.3, 0.4) is 0 Å². The predicted octanol–water partition coefficient (Wildman–Crippen LogP) is 1.45. The molecule has 3 heterocycles. The largest absolute Gasteiger partial charge is 0.481 e. The molecule has 0 aromatic carbocycles. The van der Waals surface area contributed by atoms with E-state index < -0.39 is 17.9 Å². The Morgan fingerprint density at radius 2 is 2.10 bits per heavy atom. The Morgan fingerprint density at radius 1 is 1.30 bits per heavy atom. The number of aromatic nitrogens is 2. The summed E-state index contributed by atoms with van der Waals surface area (Å²) in [6.07, 6.45) is 1.83. The number of rotatable bonds is 3. The molecule has 2 aliphatic heterocycles. The van der Waals surface area contributed by atoms with Crippen LogP contribution in [-0.2, 0) is 17.8 Å². The number of carboxylic acid groups (broad SMARTS) is 2. The van der Waals surface area contributed by atoms with Gasteiger partial charge >= 0.3 is 11.9 Å². The van der Waals surface area contributed by atoms with Gasteiger partial charge in [-0.3, -0.25) is 4.79 Å². The Kier molecular flexibility index (Phi) is 3.45. The van der Waals surface area contributed by atoms with Gasteiger partial charge in [0.2, 0.25) is 0 Å². The molecular weight excluding hydrogens is 280 g/mol. The summed E-state index contributed by atoms with van der Waals surface area (Å²) in [5.74, 6) is 0.774. The fourth-order valence-electron chi connectivity index (χ4n) is 3.01. The average Bonchev–Trinajstić information content (AvgIpc) is 3.04. The van der Waals surface area contributed by atoms with Crippen LogP contribution in [0.15, 0.2) is 0 Å². The van der Waals surface area contributed by atoms with Crippen molar-refractivity contribution in [2.45, 2.75) is 31.7 Å². The van der Waals surface area contributed by atoms with Gasteiger partial charge in [-0.1, -0.05) is 0 Å². The summed E-state index contributed by atoms with van der Waals surface area (Å²) >= 11 is 1.86. The Morgan fingerprint density at radius 3 is 2.70 bits per heavy atom. The average molecular weight is 296 g/mol. The smallest absolute Gasteiger partial charge is 0.356 e. The van der Waals surface area contributed by atoms with Crippen LogP contribution in [0.4, 0.5) is 0 Å². The molecule has 2 atom stereocenters. The highest BCUT2D eigenvalue weighted by Gasteiger charge is 2.34. The van der Waals surface area contributed by atoms with E-state index in [0.29, 0.717) is 24.6 Å². The molecule has 2 aliphatic rings. The van der Waals surface area contributed by atoms with Crippen molar-refractivity contribution in [1.82, 2.24) is 9.55 Å². The molecule has 2 N–H and O–H groups in total. The third-order valence-corrected chi connectivity index (χ3v) is 5.25. The number of hydrogen-bond donors (Lipinski definition) is 2. The lowest BCUT2D eigenvalue weighted by Gasteiger charge is -2.23. The quantitative estimate of drug-likeness (QED) is 0.877.